The second-order valence-electron chi connectivity index (χ2n) is 4.74. The molecular weight excluding hydrogens is 264 g/mol. The Kier molecular flexibility index (Phi) is 5.50. The highest BCUT2D eigenvalue weighted by molar-refractivity contribution is 7.89. The van der Waals surface area contributed by atoms with Gasteiger partial charge in [-0.2, -0.15) is 0 Å². The van der Waals surface area contributed by atoms with Crippen LogP contribution in [0.25, 0.3) is 0 Å². The maximum absolute atomic E-state index is 11.5. The summed E-state index contributed by atoms with van der Waals surface area (Å²) >= 11 is 0. The maximum Gasteiger partial charge on any atom is 0.224 e. The predicted octanol–water partition coefficient (Wildman–Crippen LogP) is 0.442. The third-order valence-electron chi connectivity index (χ3n) is 2.72. The van der Waals surface area contributed by atoms with Crippen LogP contribution in [-0.2, 0) is 26.9 Å². The Morgan fingerprint density at radius 3 is 2.26 bits per heavy atom. The summed E-state index contributed by atoms with van der Waals surface area (Å²) < 4.78 is 22.3. The molecule has 6 heteroatoms. The van der Waals surface area contributed by atoms with Gasteiger partial charge in [-0.05, 0) is 11.1 Å². The van der Waals surface area contributed by atoms with E-state index >= 15 is 0 Å². The van der Waals surface area contributed by atoms with Crippen LogP contribution in [0.5, 0.6) is 0 Å². The van der Waals surface area contributed by atoms with Gasteiger partial charge in [0, 0.05) is 25.3 Å². The van der Waals surface area contributed by atoms with Crippen molar-refractivity contribution in [1.29, 1.82) is 0 Å². The first-order chi connectivity index (χ1) is 8.81. The first-order valence-corrected chi connectivity index (χ1v) is 8.11. The molecule has 106 valence electrons. The van der Waals surface area contributed by atoms with Crippen molar-refractivity contribution in [2.45, 2.75) is 19.2 Å². The number of carbonyl (C=O) groups is 1. The van der Waals surface area contributed by atoms with Gasteiger partial charge in [0.25, 0.3) is 0 Å². The van der Waals surface area contributed by atoms with E-state index in [1.807, 2.05) is 12.1 Å². The minimum atomic E-state index is -3.01. The van der Waals surface area contributed by atoms with Gasteiger partial charge in [-0.3, -0.25) is 4.79 Å². The van der Waals surface area contributed by atoms with Gasteiger partial charge in [-0.1, -0.05) is 31.2 Å². The summed E-state index contributed by atoms with van der Waals surface area (Å²) in [6, 6.07) is 7.14. The fourth-order valence-corrected chi connectivity index (χ4v) is 2.32. The number of hydrogen-bond acceptors (Lipinski definition) is 4. The number of amides is 1. The number of nitrogens with two attached hydrogens (primary N) is 1. The largest absolute Gasteiger partial charge is 0.352 e. The first kappa shape index (κ1) is 15.7. The smallest absolute Gasteiger partial charge is 0.224 e. The monoisotopic (exact) mass is 284 g/mol. The molecular formula is C13H20N2O3S. The Morgan fingerprint density at radius 2 is 1.79 bits per heavy atom. The molecule has 1 rings (SSSR count). The molecule has 0 bridgehead atoms. The Bertz CT molecular complexity index is 523. The summed E-state index contributed by atoms with van der Waals surface area (Å²) in [5.41, 5.74) is 7.07. The van der Waals surface area contributed by atoms with Crippen molar-refractivity contribution in [3.8, 4) is 0 Å². The zero-order chi connectivity index (χ0) is 14.5. The minimum Gasteiger partial charge on any atom is -0.352 e. The molecule has 5 nitrogen and oxygen atoms in total. The van der Waals surface area contributed by atoms with E-state index in [-0.39, 0.29) is 17.6 Å². The lowest BCUT2D eigenvalue weighted by atomic mass is 10.1. The molecule has 0 radical (unpaired) electrons. The molecule has 0 fully saturated rings. The standard InChI is InChI=1S/C13H20N2O3S/c1-10(7-14)13(16)15-8-11-3-5-12(6-4-11)9-19(2,17)18/h3-6,10H,7-9,14H2,1-2H3,(H,15,16). The topological polar surface area (TPSA) is 89.3 Å². The maximum atomic E-state index is 11.5. The average Bonchev–Trinajstić information content (AvgIpc) is 2.34. The summed E-state index contributed by atoms with van der Waals surface area (Å²) in [5.74, 6) is -0.253. The van der Waals surface area contributed by atoms with Crippen molar-refractivity contribution in [1.82, 2.24) is 5.32 Å². The molecule has 19 heavy (non-hydrogen) atoms. The second kappa shape index (κ2) is 6.68. The van der Waals surface area contributed by atoms with Gasteiger partial charge in [0.1, 0.15) is 0 Å². The van der Waals surface area contributed by atoms with Crippen LogP contribution in [0.1, 0.15) is 18.1 Å². The Balaban J connectivity index is 2.56. The zero-order valence-corrected chi connectivity index (χ0v) is 12.0. The van der Waals surface area contributed by atoms with Crippen LogP contribution >= 0.6 is 0 Å². The van der Waals surface area contributed by atoms with E-state index in [0.717, 1.165) is 11.1 Å². The summed E-state index contributed by atoms with van der Waals surface area (Å²) in [4.78, 5) is 11.5. The van der Waals surface area contributed by atoms with Crippen LogP contribution < -0.4 is 11.1 Å². The molecule has 0 aliphatic heterocycles. The number of benzene rings is 1. The Hall–Kier alpha value is -1.40. The van der Waals surface area contributed by atoms with E-state index in [2.05, 4.69) is 5.32 Å². The van der Waals surface area contributed by atoms with Gasteiger partial charge in [0.15, 0.2) is 9.84 Å². The van der Waals surface area contributed by atoms with Crippen molar-refractivity contribution in [2.75, 3.05) is 12.8 Å². The molecule has 0 aromatic heterocycles. The van der Waals surface area contributed by atoms with Crippen molar-refractivity contribution >= 4 is 15.7 Å². The van der Waals surface area contributed by atoms with E-state index in [9.17, 15) is 13.2 Å². The Morgan fingerprint density at radius 1 is 1.26 bits per heavy atom. The number of sulfone groups is 1. The van der Waals surface area contributed by atoms with Gasteiger partial charge >= 0.3 is 0 Å². The third-order valence-corrected chi connectivity index (χ3v) is 3.58. The molecule has 1 unspecified atom stereocenters. The van der Waals surface area contributed by atoms with Crippen molar-refractivity contribution in [3.63, 3.8) is 0 Å². The number of rotatable bonds is 6. The second-order valence-corrected chi connectivity index (χ2v) is 6.88. The van der Waals surface area contributed by atoms with Gasteiger partial charge in [0.2, 0.25) is 5.91 Å². The summed E-state index contributed by atoms with van der Waals surface area (Å²) in [6.45, 7) is 2.51. The lowest BCUT2D eigenvalue weighted by molar-refractivity contribution is -0.124. The van der Waals surface area contributed by atoms with Crippen LogP contribution in [0.4, 0.5) is 0 Å². The molecule has 0 aliphatic rings. The molecule has 0 saturated carbocycles. The van der Waals surface area contributed by atoms with Crippen LogP contribution in [0, 0.1) is 5.92 Å². The van der Waals surface area contributed by atoms with Crippen molar-refractivity contribution < 1.29 is 13.2 Å². The molecule has 1 aromatic rings. The van der Waals surface area contributed by atoms with Gasteiger partial charge in [0.05, 0.1) is 5.75 Å². The van der Waals surface area contributed by atoms with E-state index in [4.69, 9.17) is 5.73 Å². The summed E-state index contributed by atoms with van der Waals surface area (Å²) in [5, 5.41) is 2.78. The lowest BCUT2D eigenvalue weighted by Gasteiger charge is -2.10. The number of nitrogens with one attached hydrogen (secondary N) is 1. The number of carbonyl (C=O) groups excluding carboxylic acids is 1. The lowest BCUT2D eigenvalue weighted by Crippen LogP contribution is -2.32. The van der Waals surface area contributed by atoms with Gasteiger partial charge < -0.3 is 11.1 Å². The van der Waals surface area contributed by atoms with Crippen LogP contribution in [0.2, 0.25) is 0 Å². The predicted molar refractivity (Wildman–Crippen MR) is 75.1 cm³/mol. The fraction of sp³-hybridized carbons (Fsp3) is 0.462. The highest BCUT2D eigenvalue weighted by atomic mass is 32.2. The highest BCUT2D eigenvalue weighted by Gasteiger charge is 2.10. The van der Waals surface area contributed by atoms with Crippen molar-refractivity contribution in [2.24, 2.45) is 11.7 Å². The molecule has 1 atom stereocenters. The van der Waals surface area contributed by atoms with Gasteiger partial charge in [-0.15, -0.1) is 0 Å². The summed E-state index contributed by atoms with van der Waals surface area (Å²) in [6.07, 6.45) is 1.20. The van der Waals surface area contributed by atoms with E-state index < -0.39 is 9.84 Å². The van der Waals surface area contributed by atoms with E-state index in [0.29, 0.717) is 13.1 Å². The van der Waals surface area contributed by atoms with Gasteiger partial charge in [-0.25, -0.2) is 8.42 Å². The molecule has 0 spiro atoms. The minimum absolute atomic E-state index is 0.0316. The SMILES string of the molecule is CC(CN)C(=O)NCc1ccc(CS(C)(=O)=O)cc1. The van der Waals surface area contributed by atoms with Crippen molar-refractivity contribution in [3.05, 3.63) is 35.4 Å². The molecule has 1 amide bonds. The number of hydrogen-bond donors (Lipinski definition) is 2. The van der Waals surface area contributed by atoms with Crippen LogP contribution in [0.3, 0.4) is 0 Å². The Labute approximate surface area is 114 Å². The fourth-order valence-electron chi connectivity index (χ4n) is 1.53. The van der Waals surface area contributed by atoms with E-state index in [1.165, 1.54) is 6.26 Å². The van der Waals surface area contributed by atoms with Crippen LogP contribution in [-0.4, -0.2) is 27.1 Å². The summed E-state index contributed by atoms with van der Waals surface area (Å²) in [7, 11) is -3.01. The molecule has 1 aromatic carbocycles. The third kappa shape index (κ3) is 5.85. The van der Waals surface area contributed by atoms with Crippen LogP contribution in [0.15, 0.2) is 24.3 Å². The normalized spacial score (nSPS) is 13.0. The molecule has 3 N–H and O–H groups in total. The highest BCUT2D eigenvalue weighted by Crippen LogP contribution is 2.08. The quantitative estimate of drug-likeness (QED) is 0.793. The average molecular weight is 284 g/mol. The molecule has 0 saturated heterocycles. The zero-order valence-electron chi connectivity index (χ0n) is 11.2. The molecule has 0 heterocycles. The first-order valence-electron chi connectivity index (χ1n) is 6.05. The van der Waals surface area contributed by atoms with E-state index in [1.54, 1.807) is 19.1 Å². The molecule has 0 aliphatic carbocycles.